The van der Waals surface area contributed by atoms with Gasteiger partial charge in [0.1, 0.15) is 0 Å². The third-order valence-corrected chi connectivity index (χ3v) is 4.83. The lowest BCUT2D eigenvalue weighted by atomic mass is 9.63. The first-order valence-electron chi connectivity index (χ1n) is 5.34. The molecule has 84 valence electrons. The molecule has 1 aromatic rings. The highest BCUT2D eigenvalue weighted by atomic mass is 35.5. The second-order valence-electron chi connectivity index (χ2n) is 4.28. The molecule has 0 aliphatic heterocycles. The minimum atomic E-state index is 0.267. The highest BCUT2D eigenvalue weighted by Gasteiger charge is 2.43. The summed E-state index contributed by atoms with van der Waals surface area (Å²) in [7, 11) is 2.01. The Morgan fingerprint density at radius 1 is 1.60 bits per heavy atom. The minimum Gasteiger partial charge on any atom is -0.330 e. The Balaban J connectivity index is 2.23. The molecule has 0 radical (unpaired) electrons. The van der Waals surface area contributed by atoms with Crippen LogP contribution >= 0.6 is 22.9 Å². The Bertz CT molecular complexity index is 328. The molecule has 15 heavy (non-hydrogen) atoms. The summed E-state index contributed by atoms with van der Waals surface area (Å²) in [6.45, 7) is 0.758. The van der Waals surface area contributed by atoms with E-state index in [-0.39, 0.29) is 5.41 Å². The van der Waals surface area contributed by atoms with Gasteiger partial charge in [-0.05, 0) is 38.6 Å². The maximum atomic E-state index is 5.98. The van der Waals surface area contributed by atoms with E-state index in [0.29, 0.717) is 6.04 Å². The molecule has 4 heteroatoms. The number of hydrogen-bond acceptors (Lipinski definition) is 3. The number of halogens is 1. The normalized spacial score (nSPS) is 21.0. The molecule has 1 saturated carbocycles. The van der Waals surface area contributed by atoms with Crippen molar-refractivity contribution in [1.29, 1.82) is 0 Å². The topological polar surface area (TPSA) is 38.0 Å². The predicted molar refractivity (Wildman–Crippen MR) is 66.5 cm³/mol. The summed E-state index contributed by atoms with van der Waals surface area (Å²) in [5.41, 5.74) is 6.19. The second kappa shape index (κ2) is 4.42. The zero-order chi connectivity index (χ0) is 10.9. The van der Waals surface area contributed by atoms with Crippen molar-refractivity contribution in [2.24, 2.45) is 11.1 Å². The molecule has 1 fully saturated rings. The minimum absolute atomic E-state index is 0.267. The Morgan fingerprint density at radius 3 is 2.67 bits per heavy atom. The van der Waals surface area contributed by atoms with E-state index in [1.54, 1.807) is 11.3 Å². The van der Waals surface area contributed by atoms with Gasteiger partial charge in [-0.25, -0.2) is 0 Å². The largest absolute Gasteiger partial charge is 0.330 e. The summed E-state index contributed by atoms with van der Waals surface area (Å²) in [6.07, 6.45) is 3.75. The van der Waals surface area contributed by atoms with Crippen molar-refractivity contribution >= 4 is 22.9 Å². The van der Waals surface area contributed by atoms with E-state index >= 15 is 0 Å². The predicted octanol–water partition coefficient (Wildman–Crippen LogP) is 2.79. The van der Waals surface area contributed by atoms with Crippen molar-refractivity contribution in [3.8, 4) is 0 Å². The number of rotatable bonds is 4. The third-order valence-electron chi connectivity index (χ3n) is 3.54. The molecule has 1 aromatic heterocycles. The van der Waals surface area contributed by atoms with Crippen molar-refractivity contribution in [3.63, 3.8) is 0 Å². The quantitative estimate of drug-likeness (QED) is 0.855. The number of thiophene rings is 1. The van der Waals surface area contributed by atoms with Gasteiger partial charge in [-0.3, -0.25) is 0 Å². The molecule has 1 unspecified atom stereocenters. The Hall–Kier alpha value is -0.0900. The Morgan fingerprint density at radius 2 is 2.33 bits per heavy atom. The number of hydrogen-bond donors (Lipinski definition) is 2. The second-order valence-corrected chi connectivity index (χ2v) is 6.03. The van der Waals surface area contributed by atoms with Crippen LogP contribution in [0.3, 0.4) is 0 Å². The van der Waals surface area contributed by atoms with Crippen LogP contribution in [-0.4, -0.2) is 13.6 Å². The number of nitrogens with two attached hydrogens (primary N) is 1. The molecular formula is C11H17ClN2S. The van der Waals surface area contributed by atoms with E-state index in [4.69, 9.17) is 17.3 Å². The molecule has 1 aliphatic rings. The van der Waals surface area contributed by atoms with Crippen LogP contribution in [0, 0.1) is 5.41 Å². The molecular weight excluding hydrogens is 228 g/mol. The third kappa shape index (κ3) is 1.94. The summed E-state index contributed by atoms with van der Waals surface area (Å²) in [5.74, 6) is 0. The lowest BCUT2D eigenvalue weighted by molar-refractivity contribution is 0.0897. The summed E-state index contributed by atoms with van der Waals surface area (Å²) >= 11 is 7.63. The summed E-state index contributed by atoms with van der Waals surface area (Å²) < 4.78 is 0.858. The molecule has 0 bridgehead atoms. The molecule has 1 heterocycles. The van der Waals surface area contributed by atoms with Gasteiger partial charge in [0.2, 0.25) is 0 Å². The van der Waals surface area contributed by atoms with Gasteiger partial charge in [0.15, 0.2) is 0 Å². The van der Waals surface area contributed by atoms with E-state index < -0.39 is 0 Å². The van der Waals surface area contributed by atoms with Crippen LogP contribution in [0.25, 0.3) is 0 Å². The van der Waals surface area contributed by atoms with Crippen molar-refractivity contribution in [1.82, 2.24) is 5.32 Å². The molecule has 0 saturated heterocycles. The van der Waals surface area contributed by atoms with Gasteiger partial charge < -0.3 is 11.1 Å². The van der Waals surface area contributed by atoms with E-state index in [2.05, 4.69) is 11.4 Å². The van der Waals surface area contributed by atoms with Gasteiger partial charge in [0, 0.05) is 16.3 Å². The van der Waals surface area contributed by atoms with E-state index in [1.165, 1.54) is 24.1 Å². The van der Waals surface area contributed by atoms with E-state index in [9.17, 15) is 0 Å². The average Bonchev–Trinajstić information content (AvgIpc) is 2.58. The zero-order valence-corrected chi connectivity index (χ0v) is 10.5. The maximum absolute atomic E-state index is 5.98. The summed E-state index contributed by atoms with van der Waals surface area (Å²) in [6, 6.07) is 4.45. The van der Waals surface area contributed by atoms with Crippen LogP contribution in [0.1, 0.15) is 30.2 Å². The summed E-state index contributed by atoms with van der Waals surface area (Å²) in [5, 5.41) is 3.40. The van der Waals surface area contributed by atoms with Gasteiger partial charge in [-0.1, -0.05) is 18.0 Å². The van der Waals surface area contributed by atoms with Gasteiger partial charge in [-0.15, -0.1) is 11.3 Å². The number of nitrogens with one attached hydrogen (secondary N) is 1. The van der Waals surface area contributed by atoms with Crippen LogP contribution in [0.2, 0.25) is 4.34 Å². The van der Waals surface area contributed by atoms with Gasteiger partial charge in [0.05, 0.1) is 4.34 Å². The highest BCUT2D eigenvalue weighted by Crippen LogP contribution is 2.50. The molecule has 2 nitrogen and oxygen atoms in total. The lowest BCUT2D eigenvalue weighted by Gasteiger charge is -2.46. The molecule has 2 rings (SSSR count). The molecule has 0 amide bonds. The molecule has 0 spiro atoms. The first-order valence-corrected chi connectivity index (χ1v) is 6.54. The molecule has 0 aromatic carbocycles. The fourth-order valence-electron chi connectivity index (χ4n) is 2.48. The van der Waals surface area contributed by atoms with Crippen molar-refractivity contribution < 1.29 is 0 Å². The fourth-order valence-corrected chi connectivity index (χ4v) is 3.79. The van der Waals surface area contributed by atoms with E-state index in [0.717, 1.165) is 10.9 Å². The van der Waals surface area contributed by atoms with Gasteiger partial charge in [0.25, 0.3) is 0 Å². The maximum Gasteiger partial charge on any atom is 0.0931 e. The van der Waals surface area contributed by atoms with E-state index in [1.807, 2.05) is 13.1 Å². The van der Waals surface area contributed by atoms with Crippen LogP contribution in [0.5, 0.6) is 0 Å². The van der Waals surface area contributed by atoms with Crippen molar-refractivity contribution in [2.75, 3.05) is 13.6 Å². The Kier molecular flexibility index (Phi) is 3.36. The van der Waals surface area contributed by atoms with Crippen LogP contribution in [0.15, 0.2) is 12.1 Å². The lowest BCUT2D eigenvalue weighted by Crippen LogP contribution is -2.46. The fraction of sp³-hybridized carbons (Fsp3) is 0.636. The van der Waals surface area contributed by atoms with Crippen LogP contribution < -0.4 is 11.1 Å². The first-order chi connectivity index (χ1) is 7.22. The molecule has 1 atom stereocenters. The SMILES string of the molecule is CNC(c1ccc(Cl)s1)C1(CN)CCC1. The van der Waals surface area contributed by atoms with Crippen LogP contribution in [-0.2, 0) is 0 Å². The first kappa shape index (κ1) is 11.4. The van der Waals surface area contributed by atoms with Crippen LogP contribution in [0.4, 0.5) is 0 Å². The molecule has 3 N–H and O–H groups in total. The highest BCUT2D eigenvalue weighted by molar-refractivity contribution is 7.16. The molecule has 1 aliphatic carbocycles. The monoisotopic (exact) mass is 244 g/mol. The smallest absolute Gasteiger partial charge is 0.0931 e. The summed E-state index contributed by atoms with van der Waals surface area (Å²) in [4.78, 5) is 1.31. The Labute approximate surface area is 99.8 Å². The van der Waals surface area contributed by atoms with Gasteiger partial charge in [-0.2, -0.15) is 0 Å². The zero-order valence-electron chi connectivity index (χ0n) is 8.92. The van der Waals surface area contributed by atoms with Crippen molar-refractivity contribution in [2.45, 2.75) is 25.3 Å². The van der Waals surface area contributed by atoms with Crippen molar-refractivity contribution in [3.05, 3.63) is 21.3 Å². The van der Waals surface area contributed by atoms with Gasteiger partial charge >= 0.3 is 0 Å². The average molecular weight is 245 g/mol. The standard InChI is InChI=1S/C11H17ClN2S/c1-14-10(8-3-4-9(12)15-8)11(7-13)5-2-6-11/h3-4,10,14H,2,5-7,13H2,1H3.